The molecule has 101 valence electrons. The van der Waals surface area contributed by atoms with Crippen molar-refractivity contribution in [2.45, 2.75) is 56.0 Å². The van der Waals surface area contributed by atoms with Crippen molar-refractivity contribution < 1.29 is 0 Å². The third-order valence-electron chi connectivity index (χ3n) is 1.89. The molecule has 3 heteroatoms. The Balaban J connectivity index is 2.95. The van der Waals surface area contributed by atoms with Crippen molar-refractivity contribution in [3.63, 3.8) is 0 Å². The Bertz CT molecular complexity index is 301. The van der Waals surface area contributed by atoms with E-state index in [2.05, 4.69) is 59.7 Å². The van der Waals surface area contributed by atoms with Crippen molar-refractivity contribution in [3.05, 3.63) is 18.2 Å². The third-order valence-corrected chi connectivity index (χ3v) is 7.91. The molecule has 0 amide bonds. The average molecular weight is 440 g/mol. The Labute approximate surface area is 132 Å². The van der Waals surface area contributed by atoms with E-state index < -0.39 is 0 Å². The van der Waals surface area contributed by atoms with Crippen LogP contribution in [0.1, 0.15) is 41.5 Å². The molecule has 18 heavy (non-hydrogen) atoms. The predicted molar refractivity (Wildman–Crippen MR) is 86.7 cm³/mol. The molecule has 0 heterocycles. The van der Waals surface area contributed by atoms with E-state index in [1.54, 1.807) is 4.46 Å². The van der Waals surface area contributed by atoms with E-state index in [1.807, 2.05) is 0 Å². The van der Waals surface area contributed by atoms with E-state index in [1.165, 1.54) is 8.92 Å². The normalized spacial score (nSPS) is 11.8. The molecule has 0 saturated heterocycles. The fourth-order valence-corrected chi connectivity index (χ4v) is 8.13. The maximum atomic E-state index is 3.69. The summed E-state index contributed by atoms with van der Waals surface area (Å²) in [5.41, 5.74) is 0. The first kappa shape index (κ1) is 16.8. The van der Waals surface area contributed by atoms with Crippen LogP contribution in [0.2, 0.25) is 14.4 Å². The van der Waals surface area contributed by atoms with Gasteiger partial charge in [-0.15, -0.1) is 0 Å². The summed E-state index contributed by atoms with van der Waals surface area (Å²) in [5, 5.41) is 0. The van der Waals surface area contributed by atoms with Crippen molar-refractivity contribution in [2.24, 2.45) is 0 Å². The van der Waals surface area contributed by atoms with Gasteiger partial charge in [-0.3, -0.25) is 0 Å². The standard InChI is InChI=1S/C15H23Se3/c1-10(2)16-13-7-14(17-11(3)4)9-15(8-13)18-12(5)6/h7-8,10-12H,1-6H3. The molecular formula is C15H23Se3. The minimum atomic E-state index is 0.588. The van der Waals surface area contributed by atoms with Gasteiger partial charge >= 0.3 is 132 Å². The summed E-state index contributed by atoms with van der Waals surface area (Å²) in [6.07, 6.45) is 0. The molecule has 0 bridgehead atoms. The van der Waals surface area contributed by atoms with Gasteiger partial charge in [-0.05, 0) is 0 Å². The van der Waals surface area contributed by atoms with Gasteiger partial charge in [-0.2, -0.15) is 0 Å². The van der Waals surface area contributed by atoms with Crippen molar-refractivity contribution in [2.75, 3.05) is 0 Å². The summed E-state index contributed by atoms with van der Waals surface area (Å²) < 4.78 is 4.58. The average Bonchev–Trinajstić information content (AvgIpc) is 2.12. The van der Waals surface area contributed by atoms with Crippen LogP contribution in [0, 0.1) is 6.07 Å². The molecule has 0 atom stereocenters. The molecule has 0 spiro atoms. The van der Waals surface area contributed by atoms with Crippen LogP contribution in [0.5, 0.6) is 0 Å². The van der Waals surface area contributed by atoms with E-state index >= 15 is 0 Å². The molecule has 0 N–H and O–H groups in total. The molecule has 0 unspecified atom stereocenters. The van der Waals surface area contributed by atoms with E-state index in [4.69, 9.17) is 0 Å². The quantitative estimate of drug-likeness (QED) is 0.594. The zero-order valence-corrected chi connectivity index (χ0v) is 17.3. The van der Waals surface area contributed by atoms with Gasteiger partial charge in [-0.1, -0.05) is 0 Å². The van der Waals surface area contributed by atoms with Gasteiger partial charge in [0.25, 0.3) is 0 Å². The molecule has 0 aliphatic carbocycles. The monoisotopic (exact) mass is 443 g/mol. The van der Waals surface area contributed by atoms with Crippen molar-refractivity contribution >= 4 is 58.3 Å². The Hall–Kier alpha value is 0.778. The van der Waals surface area contributed by atoms with Gasteiger partial charge in [0, 0.05) is 0 Å². The summed E-state index contributed by atoms with van der Waals surface area (Å²) in [5.74, 6) is 0. The number of rotatable bonds is 6. The third kappa shape index (κ3) is 6.80. The SMILES string of the molecule is CC(C)[Se]c1[c]c([Se]C(C)C)cc([Se]C(C)C)c1. The fourth-order valence-electron chi connectivity index (χ4n) is 1.47. The molecule has 1 aromatic rings. The molecular weight excluding hydrogens is 417 g/mol. The van der Waals surface area contributed by atoms with Gasteiger partial charge in [0.1, 0.15) is 0 Å². The summed E-state index contributed by atoms with van der Waals surface area (Å²) in [6.45, 7) is 13.9. The molecule has 0 aliphatic heterocycles. The molecule has 0 nitrogen and oxygen atoms in total. The van der Waals surface area contributed by atoms with Crippen LogP contribution in [0.25, 0.3) is 0 Å². The van der Waals surface area contributed by atoms with Crippen LogP contribution in [-0.4, -0.2) is 44.9 Å². The molecule has 1 aromatic carbocycles. The Morgan fingerprint density at radius 2 is 1.11 bits per heavy atom. The topological polar surface area (TPSA) is 0 Å². The van der Waals surface area contributed by atoms with E-state index in [-0.39, 0.29) is 0 Å². The van der Waals surface area contributed by atoms with Crippen LogP contribution in [-0.2, 0) is 0 Å². The van der Waals surface area contributed by atoms with Crippen molar-refractivity contribution in [1.29, 1.82) is 0 Å². The summed E-state index contributed by atoms with van der Waals surface area (Å²) >= 11 is 1.80. The van der Waals surface area contributed by atoms with Crippen molar-refractivity contribution in [1.82, 2.24) is 0 Å². The molecule has 0 fully saturated rings. The first-order valence-electron chi connectivity index (χ1n) is 6.44. The van der Waals surface area contributed by atoms with Gasteiger partial charge in [-0.25, -0.2) is 0 Å². The number of hydrogen-bond donors (Lipinski definition) is 0. The van der Waals surface area contributed by atoms with Crippen LogP contribution in [0.3, 0.4) is 0 Å². The second-order valence-corrected chi connectivity index (χ2v) is 15.3. The first-order chi connectivity index (χ1) is 8.36. The first-order valence-corrected chi connectivity index (χ1v) is 12.0. The summed E-state index contributed by atoms with van der Waals surface area (Å²) in [6, 6.07) is 8.55. The number of hydrogen-bond acceptors (Lipinski definition) is 0. The predicted octanol–water partition coefficient (Wildman–Crippen LogP) is 1.96. The van der Waals surface area contributed by atoms with E-state index in [0.717, 1.165) is 14.4 Å². The summed E-state index contributed by atoms with van der Waals surface area (Å²) in [7, 11) is 0. The fraction of sp³-hybridized carbons (Fsp3) is 0.600. The minimum absolute atomic E-state index is 0.588. The molecule has 1 radical (unpaired) electrons. The Morgan fingerprint density at radius 1 is 0.722 bits per heavy atom. The zero-order valence-electron chi connectivity index (χ0n) is 12.1. The van der Waals surface area contributed by atoms with Crippen LogP contribution in [0.4, 0.5) is 0 Å². The van der Waals surface area contributed by atoms with Crippen LogP contribution >= 0.6 is 0 Å². The van der Waals surface area contributed by atoms with Gasteiger partial charge in [0.15, 0.2) is 0 Å². The molecule has 1 rings (SSSR count). The van der Waals surface area contributed by atoms with Crippen LogP contribution in [0.15, 0.2) is 12.1 Å². The van der Waals surface area contributed by atoms with Crippen molar-refractivity contribution in [3.8, 4) is 0 Å². The van der Waals surface area contributed by atoms with E-state index in [0.29, 0.717) is 44.9 Å². The second kappa shape index (κ2) is 8.15. The van der Waals surface area contributed by atoms with Gasteiger partial charge in [0.2, 0.25) is 0 Å². The zero-order chi connectivity index (χ0) is 13.7. The molecule has 0 aliphatic rings. The van der Waals surface area contributed by atoms with E-state index in [9.17, 15) is 0 Å². The molecule has 0 saturated carbocycles. The Kier molecular flexibility index (Phi) is 7.62. The molecule has 0 aromatic heterocycles. The van der Waals surface area contributed by atoms with Crippen LogP contribution < -0.4 is 13.4 Å². The maximum absolute atomic E-state index is 3.69. The van der Waals surface area contributed by atoms with Gasteiger partial charge < -0.3 is 0 Å². The summed E-state index contributed by atoms with van der Waals surface area (Å²) in [4.78, 5) is 2.38. The number of benzene rings is 1. The van der Waals surface area contributed by atoms with Gasteiger partial charge in [0.05, 0.1) is 0 Å². The second-order valence-electron chi connectivity index (χ2n) is 5.04. The Morgan fingerprint density at radius 3 is 1.44 bits per heavy atom.